The van der Waals surface area contributed by atoms with E-state index in [0.29, 0.717) is 11.1 Å². The normalized spacial score (nSPS) is 17.1. The van der Waals surface area contributed by atoms with Gasteiger partial charge in [-0.15, -0.1) is 0 Å². The summed E-state index contributed by atoms with van der Waals surface area (Å²) < 4.78 is 82.4. The van der Waals surface area contributed by atoms with Crippen LogP contribution < -0.4 is 9.44 Å². The average Bonchev–Trinajstić information content (AvgIpc) is 3.22. The van der Waals surface area contributed by atoms with Gasteiger partial charge in [0.15, 0.2) is 0 Å². The molecule has 2 unspecified atom stereocenters. The molecule has 2 amide bonds. The van der Waals surface area contributed by atoms with Crippen LogP contribution in [0, 0.1) is 13.8 Å². The van der Waals surface area contributed by atoms with E-state index < -0.39 is 43.9 Å². The van der Waals surface area contributed by atoms with Crippen molar-refractivity contribution in [3.05, 3.63) is 131 Å². The van der Waals surface area contributed by atoms with E-state index in [1.165, 1.54) is 34.1 Å². The van der Waals surface area contributed by atoms with Crippen molar-refractivity contribution in [3.63, 3.8) is 0 Å². The second-order valence-electron chi connectivity index (χ2n) is 13.7. The van der Waals surface area contributed by atoms with E-state index in [2.05, 4.69) is 9.44 Å². The van der Waals surface area contributed by atoms with Crippen LogP contribution in [0.5, 0.6) is 0 Å². The molecule has 0 aliphatic carbocycles. The fourth-order valence-electron chi connectivity index (χ4n) is 6.07. The fourth-order valence-corrected chi connectivity index (χ4v) is 8.42. The predicted molar refractivity (Wildman–Crippen MR) is 218 cm³/mol. The summed E-state index contributed by atoms with van der Waals surface area (Å²) in [6.45, 7) is 5.57. The van der Waals surface area contributed by atoms with Crippen LogP contribution in [-0.4, -0.2) is 117 Å². The second kappa shape index (κ2) is 22.0. The van der Waals surface area contributed by atoms with Gasteiger partial charge >= 0.3 is 0 Å². The zero-order chi connectivity index (χ0) is 41.4. The highest BCUT2D eigenvalue weighted by atomic mass is 32.2. The number of aryl methyl sites for hydroxylation is 2. The molecule has 1 aliphatic heterocycles. The van der Waals surface area contributed by atoms with E-state index >= 15 is 0 Å². The van der Waals surface area contributed by atoms with Crippen molar-refractivity contribution >= 4 is 31.9 Å². The summed E-state index contributed by atoms with van der Waals surface area (Å²) in [6.07, 6.45) is 0. The molecule has 16 heteroatoms. The van der Waals surface area contributed by atoms with Crippen LogP contribution in [0.4, 0.5) is 0 Å². The minimum Gasteiger partial charge on any atom is -0.377 e. The van der Waals surface area contributed by atoms with Gasteiger partial charge in [0.25, 0.3) is 0 Å². The van der Waals surface area contributed by atoms with E-state index in [1.54, 1.807) is 84.9 Å². The Kier molecular flexibility index (Phi) is 16.9. The van der Waals surface area contributed by atoms with E-state index in [-0.39, 0.29) is 88.8 Å². The topological polar surface area (TPSA) is 170 Å². The highest BCUT2D eigenvalue weighted by molar-refractivity contribution is 7.89. The van der Waals surface area contributed by atoms with Crippen LogP contribution in [0.2, 0.25) is 0 Å². The summed E-state index contributed by atoms with van der Waals surface area (Å²) in [7, 11) is -8.14. The molecule has 14 nitrogen and oxygen atoms in total. The Morgan fingerprint density at radius 3 is 1.05 bits per heavy atom. The van der Waals surface area contributed by atoms with Crippen LogP contribution in [0.3, 0.4) is 0 Å². The monoisotopic (exact) mass is 836 g/mol. The van der Waals surface area contributed by atoms with E-state index in [9.17, 15) is 26.4 Å². The molecule has 312 valence electrons. The van der Waals surface area contributed by atoms with Gasteiger partial charge < -0.3 is 28.7 Å². The molecule has 1 saturated heterocycles. The van der Waals surface area contributed by atoms with Gasteiger partial charge in [0.05, 0.1) is 62.6 Å². The standard InChI is InChI=1S/C42H52N4O10S2/c1-33-13-17-37(18-14-33)57(49,50)43-39(35-9-5-3-6-10-35)41(47)45-21-25-53-29-31-55-27-23-46(24-28-56-32-30-54-26-22-45)42(48)40(36-11-7-4-8-12-36)44-58(51,52)38-19-15-34(2)16-20-38/h3-20,39-40,43-44H,21-32H2,1-2H3. The first-order chi connectivity index (χ1) is 27.9. The first-order valence-corrected chi connectivity index (χ1v) is 22.1. The Morgan fingerprint density at radius 2 is 0.759 bits per heavy atom. The molecule has 1 heterocycles. The van der Waals surface area contributed by atoms with Crippen LogP contribution in [0.1, 0.15) is 34.3 Å². The molecule has 58 heavy (non-hydrogen) atoms. The molecule has 1 fully saturated rings. The van der Waals surface area contributed by atoms with Gasteiger partial charge in [0.1, 0.15) is 12.1 Å². The number of carbonyl (C=O) groups is 2. The van der Waals surface area contributed by atoms with Crippen molar-refractivity contribution in [1.82, 2.24) is 19.2 Å². The summed E-state index contributed by atoms with van der Waals surface area (Å²) >= 11 is 0. The minimum absolute atomic E-state index is 0.0458. The summed E-state index contributed by atoms with van der Waals surface area (Å²) in [5.74, 6) is -0.925. The molecule has 0 aromatic heterocycles. The number of nitrogens with one attached hydrogen (secondary N) is 2. The molecule has 0 radical (unpaired) electrons. The summed E-state index contributed by atoms with van der Waals surface area (Å²) in [6, 6.07) is 27.7. The first kappa shape index (κ1) is 44.6. The minimum atomic E-state index is -4.07. The largest absolute Gasteiger partial charge is 0.377 e. The van der Waals surface area contributed by atoms with Crippen molar-refractivity contribution in [1.29, 1.82) is 0 Å². The van der Waals surface area contributed by atoms with Crippen LogP contribution in [0.25, 0.3) is 0 Å². The zero-order valence-electron chi connectivity index (χ0n) is 32.8. The molecule has 0 spiro atoms. The smallest absolute Gasteiger partial charge is 0.245 e. The maximum Gasteiger partial charge on any atom is 0.245 e. The summed E-state index contributed by atoms with van der Waals surface area (Å²) in [5.41, 5.74) is 2.77. The Morgan fingerprint density at radius 1 is 0.466 bits per heavy atom. The highest BCUT2D eigenvalue weighted by Gasteiger charge is 2.32. The number of nitrogens with zero attached hydrogens (tertiary/aromatic N) is 2. The van der Waals surface area contributed by atoms with Gasteiger partial charge in [-0.1, -0.05) is 96.1 Å². The number of sulfonamides is 2. The van der Waals surface area contributed by atoms with Crippen molar-refractivity contribution in [2.75, 3.05) is 79.0 Å². The molecule has 0 saturated carbocycles. The number of benzene rings is 4. The number of hydrogen-bond donors (Lipinski definition) is 2. The average molecular weight is 837 g/mol. The van der Waals surface area contributed by atoms with Gasteiger partial charge in [-0.3, -0.25) is 9.59 Å². The molecule has 1 aliphatic rings. The van der Waals surface area contributed by atoms with Gasteiger partial charge in [-0.25, -0.2) is 16.8 Å². The van der Waals surface area contributed by atoms with Gasteiger partial charge in [0.2, 0.25) is 31.9 Å². The molecule has 4 aromatic rings. The third-order valence-corrected chi connectivity index (χ3v) is 12.2. The SMILES string of the molecule is Cc1ccc(S(=O)(=O)NC(C(=O)N2CCOCCOCCN(C(=O)C(NS(=O)(=O)c3ccc(C)cc3)c3ccccc3)CCOCCOCC2)c2ccccc2)cc1. The van der Waals surface area contributed by atoms with E-state index in [0.717, 1.165) is 11.1 Å². The third kappa shape index (κ3) is 13.3. The number of amides is 2. The molecule has 2 N–H and O–H groups in total. The predicted octanol–water partition coefficient (Wildman–Crippen LogP) is 3.78. The van der Waals surface area contributed by atoms with Crippen molar-refractivity contribution in [2.24, 2.45) is 0 Å². The number of ether oxygens (including phenoxy) is 4. The lowest BCUT2D eigenvalue weighted by Crippen LogP contribution is -2.45. The molecular formula is C42H52N4O10S2. The zero-order valence-corrected chi connectivity index (χ0v) is 34.5. The Bertz CT molecular complexity index is 1930. The maximum absolute atomic E-state index is 14.1. The lowest BCUT2D eigenvalue weighted by atomic mass is 10.1. The lowest BCUT2D eigenvalue weighted by molar-refractivity contribution is -0.136. The van der Waals surface area contributed by atoms with Crippen molar-refractivity contribution < 1.29 is 45.4 Å². The van der Waals surface area contributed by atoms with Gasteiger partial charge in [0, 0.05) is 26.2 Å². The van der Waals surface area contributed by atoms with Crippen LogP contribution >= 0.6 is 0 Å². The first-order valence-electron chi connectivity index (χ1n) is 19.1. The lowest BCUT2D eigenvalue weighted by Gasteiger charge is -2.29. The molecular weight excluding hydrogens is 785 g/mol. The Hall–Kier alpha value is -4.52. The summed E-state index contributed by atoms with van der Waals surface area (Å²) in [4.78, 5) is 31.4. The van der Waals surface area contributed by atoms with Gasteiger partial charge in [-0.05, 0) is 49.2 Å². The third-order valence-electron chi connectivity index (χ3n) is 9.36. The van der Waals surface area contributed by atoms with Gasteiger partial charge in [-0.2, -0.15) is 9.44 Å². The van der Waals surface area contributed by atoms with Crippen molar-refractivity contribution in [2.45, 2.75) is 35.7 Å². The highest BCUT2D eigenvalue weighted by Crippen LogP contribution is 2.22. The van der Waals surface area contributed by atoms with Crippen molar-refractivity contribution in [3.8, 4) is 0 Å². The molecule has 0 bridgehead atoms. The fraction of sp³-hybridized carbons (Fsp3) is 0.381. The van der Waals surface area contributed by atoms with Crippen LogP contribution in [-0.2, 0) is 48.6 Å². The Labute approximate surface area is 341 Å². The number of carbonyl (C=O) groups excluding carboxylic acids is 2. The van der Waals surface area contributed by atoms with E-state index in [4.69, 9.17) is 18.9 Å². The summed E-state index contributed by atoms with van der Waals surface area (Å²) in [5, 5.41) is 0. The van der Waals surface area contributed by atoms with E-state index in [1.807, 2.05) is 13.8 Å². The van der Waals surface area contributed by atoms with Crippen LogP contribution in [0.15, 0.2) is 119 Å². The maximum atomic E-state index is 14.1. The number of rotatable bonds is 10. The molecule has 4 aromatic carbocycles. The quantitative estimate of drug-likeness (QED) is 0.240. The molecule has 5 rings (SSSR count). The second-order valence-corrected chi connectivity index (χ2v) is 17.1. The number of hydrogen-bond acceptors (Lipinski definition) is 10. The molecule has 2 atom stereocenters. The Balaban J connectivity index is 1.23.